The lowest BCUT2D eigenvalue weighted by Crippen LogP contribution is -2.45. The van der Waals surface area contributed by atoms with Gasteiger partial charge in [0.25, 0.3) is 5.91 Å². The molecule has 1 fully saturated rings. The molecule has 4 amide bonds. The van der Waals surface area contributed by atoms with Crippen LogP contribution < -0.4 is 10.6 Å². The molecule has 1 atom stereocenters. The predicted molar refractivity (Wildman–Crippen MR) is 81.9 cm³/mol. The Kier molecular flexibility index (Phi) is 4.98. The van der Waals surface area contributed by atoms with E-state index in [1.807, 2.05) is 6.92 Å². The van der Waals surface area contributed by atoms with Crippen LogP contribution in [-0.2, 0) is 15.1 Å². The summed E-state index contributed by atoms with van der Waals surface area (Å²) >= 11 is 0. The van der Waals surface area contributed by atoms with Crippen LogP contribution in [0.1, 0.15) is 31.7 Å². The molecule has 1 aliphatic rings. The summed E-state index contributed by atoms with van der Waals surface area (Å²) in [5.41, 5.74) is -0.723. The number of hydrogen-bond donors (Lipinski definition) is 2. The van der Waals surface area contributed by atoms with Crippen molar-refractivity contribution in [3.63, 3.8) is 0 Å². The van der Waals surface area contributed by atoms with E-state index < -0.39 is 29.2 Å². The van der Waals surface area contributed by atoms with Crippen LogP contribution in [0.15, 0.2) is 24.3 Å². The number of rotatable bonds is 6. The van der Waals surface area contributed by atoms with Gasteiger partial charge in [-0.15, -0.1) is 0 Å². The van der Waals surface area contributed by atoms with Gasteiger partial charge in [-0.05, 0) is 24.1 Å². The van der Waals surface area contributed by atoms with Gasteiger partial charge in [-0.3, -0.25) is 14.5 Å². The van der Waals surface area contributed by atoms with Crippen LogP contribution in [0.4, 0.5) is 9.18 Å². The molecule has 1 aromatic carbocycles. The van der Waals surface area contributed by atoms with Gasteiger partial charge in [-0.1, -0.05) is 31.9 Å². The Balaban J connectivity index is 2.39. The standard InChI is InChI=1S/C16H20FN3O3/c1-3-4-9-16(11-5-7-12(17)8-6-11)14(22)20(15(23)19-16)10-13(21)18-2/h5-8H,3-4,9-10H2,1-2H3,(H,18,21)(H,19,23)/t16-/m0/s1. The van der Waals surface area contributed by atoms with E-state index in [9.17, 15) is 18.8 Å². The maximum atomic E-state index is 13.2. The van der Waals surface area contributed by atoms with E-state index in [2.05, 4.69) is 10.6 Å². The Morgan fingerprint density at radius 2 is 1.96 bits per heavy atom. The molecular weight excluding hydrogens is 301 g/mol. The summed E-state index contributed by atoms with van der Waals surface area (Å²) in [5.74, 6) is -1.33. The maximum absolute atomic E-state index is 13.2. The Morgan fingerprint density at radius 3 is 2.52 bits per heavy atom. The Hall–Kier alpha value is -2.44. The fourth-order valence-electron chi connectivity index (χ4n) is 2.68. The van der Waals surface area contributed by atoms with Crippen molar-refractivity contribution in [2.24, 2.45) is 0 Å². The third-order valence-electron chi connectivity index (χ3n) is 4.00. The third kappa shape index (κ3) is 3.18. The molecular formula is C16H20FN3O3. The molecule has 7 heteroatoms. The van der Waals surface area contributed by atoms with Crippen molar-refractivity contribution >= 4 is 17.8 Å². The van der Waals surface area contributed by atoms with E-state index in [-0.39, 0.29) is 6.54 Å². The van der Waals surface area contributed by atoms with Crippen molar-refractivity contribution in [1.82, 2.24) is 15.5 Å². The van der Waals surface area contributed by atoms with Crippen molar-refractivity contribution in [1.29, 1.82) is 0 Å². The zero-order valence-corrected chi connectivity index (χ0v) is 13.2. The van der Waals surface area contributed by atoms with Crippen molar-refractivity contribution < 1.29 is 18.8 Å². The zero-order chi connectivity index (χ0) is 17.0. The highest BCUT2D eigenvalue weighted by atomic mass is 19.1. The number of benzene rings is 1. The van der Waals surface area contributed by atoms with Gasteiger partial charge in [0.2, 0.25) is 5.91 Å². The van der Waals surface area contributed by atoms with Gasteiger partial charge in [0.15, 0.2) is 0 Å². The molecule has 2 N–H and O–H groups in total. The highest BCUT2D eigenvalue weighted by molar-refractivity contribution is 6.09. The summed E-state index contributed by atoms with van der Waals surface area (Å²) in [6.07, 6.45) is 1.93. The predicted octanol–water partition coefficient (Wildman–Crippen LogP) is 1.51. The molecule has 0 unspecified atom stereocenters. The average Bonchev–Trinajstić information content (AvgIpc) is 2.78. The number of unbranched alkanes of at least 4 members (excludes halogenated alkanes) is 1. The van der Waals surface area contributed by atoms with Gasteiger partial charge >= 0.3 is 6.03 Å². The fourth-order valence-corrected chi connectivity index (χ4v) is 2.68. The molecule has 0 bridgehead atoms. The molecule has 1 aliphatic heterocycles. The molecule has 23 heavy (non-hydrogen) atoms. The minimum Gasteiger partial charge on any atom is -0.358 e. The highest BCUT2D eigenvalue weighted by Crippen LogP contribution is 2.34. The molecule has 1 aromatic rings. The minimum absolute atomic E-state index is 0.337. The van der Waals surface area contributed by atoms with Gasteiger partial charge in [-0.2, -0.15) is 0 Å². The first kappa shape index (κ1) is 16.9. The summed E-state index contributed by atoms with van der Waals surface area (Å²) in [7, 11) is 1.44. The smallest absolute Gasteiger partial charge is 0.325 e. The Labute approximate surface area is 134 Å². The average molecular weight is 321 g/mol. The quantitative estimate of drug-likeness (QED) is 0.780. The maximum Gasteiger partial charge on any atom is 0.325 e. The first-order valence-electron chi connectivity index (χ1n) is 7.55. The molecule has 0 radical (unpaired) electrons. The monoisotopic (exact) mass is 321 g/mol. The fraction of sp³-hybridized carbons (Fsp3) is 0.438. The largest absolute Gasteiger partial charge is 0.358 e. The summed E-state index contributed by atoms with van der Waals surface area (Å²) in [5, 5.41) is 5.09. The number of carbonyl (C=O) groups is 3. The van der Waals surface area contributed by atoms with E-state index in [1.54, 1.807) is 0 Å². The summed E-state index contributed by atoms with van der Waals surface area (Å²) in [4.78, 5) is 37.5. The van der Waals surface area contributed by atoms with Gasteiger partial charge in [0.1, 0.15) is 17.9 Å². The number of halogens is 1. The lowest BCUT2D eigenvalue weighted by Gasteiger charge is -2.27. The molecule has 124 valence electrons. The number of likely N-dealkylation sites (N-methyl/N-ethyl adjacent to an activating group) is 1. The highest BCUT2D eigenvalue weighted by Gasteiger charge is 2.52. The van der Waals surface area contributed by atoms with Crippen molar-refractivity contribution in [3.05, 3.63) is 35.6 Å². The SMILES string of the molecule is CCCC[C@@]1(c2ccc(F)cc2)NC(=O)N(CC(=O)NC)C1=O. The van der Waals surface area contributed by atoms with E-state index >= 15 is 0 Å². The summed E-state index contributed by atoms with van der Waals surface area (Å²) in [6.45, 7) is 1.64. The summed E-state index contributed by atoms with van der Waals surface area (Å²) < 4.78 is 13.2. The first-order chi connectivity index (χ1) is 10.9. The topological polar surface area (TPSA) is 78.5 Å². The molecule has 0 spiro atoms. The van der Waals surface area contributed by atoms with Crippen LogP contribution in [0.5, 0.6) is 0 Å². The van der Waals surface area contributed by atoms with Crippen molar-refractivity contribution in [2.45, 2.75) is 31.7 Å². The van der Waals surface area contributed by atoms with Crippen LogP contribution in [0.25, 0.3) is 0 Å². The van der Waals surface area contributed by atoms with Gasteiger partial charge in [0.05, 0.1) is 0 Å². The van der Waals surface area contributed by atoms with E-state index in [0.29, 0.717) is 18.4 Å². The molecule has 1 heterocycles. The van der Waals surface area contributed by atoms with Crippen LogP contribution >= 0.6 is 0 Å². The Bertz CT molecular complexity index is 618. The number of nitrogens with one attached hydrogen (secondary N) is 2. The number of amides is 4. The molecule has 6 nitrogen and oxygen atoms in total. The molecule has 0 aromatic heterocycles. The third-order valence-corrected chi connectivity index (χ3v) is 4.00. The van der Waals surface area contributed by atoms with E-state index in [0.717, 1.165) is 11.3 Å². The van der Waals surface area contributed by atoms with Crippen molar-refractivity contribution in [3.8, 4) is 0 Å². The van der Waals surface area contributed by atoms with Crippen LogP contribution in [0, 0.1) is 5.82 Å². The number of nitrogens with zero attached hydrogens (tertiary/aromatic N) is 1. The van der Waals surface area contributed by atoms with Gasteiger partial charge < -0.3 is 10.6 Å². The lowest BCUT2D eigenvalue weighted by molar-refractivity contribution is -0.135. The van der Waals surface area contributed by atoms with Crippen LogP contribution in [-0.4, -0.2) is 36.3 Å². The van der Waals surface area contributed by atoms with Crippen LogP contribution in [0.3, 0.4) is 0 Å². The van der Waals surface area contributed by atoms with E-state index in [4.69, 9.17) is 0 Å². The summed E-state index contributed by atoms with van der Waals surface area (Å²) in [6, 6.07) is 4.88. The Morgan fingerprint density at radius 1 is 1.30 bits per heavy atom. The van der Waals surface area contributed by atoms with Crippen LogP contribution in [0.2, 0.25) is 0 Å². The molecule has 0 aliphatic carbocycles. The zero-order valence-electron chi connectivity index (χ0n) is 13.2. The molecule has 1 saturated heterocycles. The number of carbonyl (C=O) groups excluding carboxylic acids is 3. The molecule has 0 saturated carbocycles. The number of hydrogen-bond acceptors (Lipinski definition) is 3. The molecule has 2 rings (SSSR count). The lowest BCUT2D eigenvalue weighted by atomic mass is 9.85. The number of imide groups is 1. The normalized spacial score (nSPS) is 20.6. The second kappa shape index (κ2) is 6.76. The van der Waals surface area contributed by atoms with Crippen molar-refractivity contribution in [2.75, 3.05) is 13.6 Å². The van der Waals surface area contributed by atoms with E-state index in [1.165, 1.54) is 31.3 Å². The second-order valence-electron chi connectivity index (χ2n) is 5.51. The van der Waals surface area contributed by atoms with Gasteiger partial charge in [-0.25, -0.2) is 9.18 Å². The second-order valence-corrected chi connectivity index (χ2v) is 5.51. The van der Waals surface area contributed by atoms with Gasteiger partial charge in [0, 0.05) is 7.05 Å². The number of urea groups is 1. The minimum atomic E-state index is -1.24. The first-order valence-corrected chi connectivity index (χ1v) is 7.55.